The molecule has 1 aliphatic rings. The SMILES string of the molecule is CCCC1N=C(C(=O)NC(CS)CC(C)C)N=C1Cc1ccc(-c2ccccc2-c2nn[nH]n2)nc1. The molecule has 2 unspecified atom stereocenters. The maximum Gasteiger partial charge on any atom is 0.288 e. The minimum absolute atomic E-state index is 0.000482. The number of carbonyl (C=O) groups excluding carboxylic acids is 1. The van der Waals surface area contributed by atoms with Crippen LogP contribution in [0.5, 0.6) is 0 Å². The van der Waals surface area contributed by atoms with E-state index < -0.39 is 0 Å². The van der Waals surface area contributed by atoms with Gasteiger partial charge in [-0.2, -0.15) is 17.8 Å². The second-order valence-corrected chi connectivity index (χ2v) is 9.72. The quantitative estimate of drug-likeness (QED) is 0.341. The van der Waals surface area contributed by atoms with Crippen molar-refractivity contribution >= 4 is 30.1 Å². The fourth-order valence-electron chi connectivity index (χ4n) is 4.31. The number of amides is 1. The summed E-state index contributed by atoms with van der Waals surface area (Å²) in [5.74, 6) is 1.61. The number of hydrogen-bond acceptors (Lipinski definition) is 8. The van der Waals surface area contributed by atoms with Crippen LogP contribution in [0.3, 0.4) is 0 Å². The van der Waals surface area contributed by atoms with Crippen LogP contribution in [0, 0.1) is 5.92 Å². The number of nitrogens with zero attached hydrogens (tertiary/aromatic N) is 6. The number of aromatic amines is 1. The first-order valence-electron chi connectivity index (χ1n) is 12.3. The van der Waals surface area contributed by atoms with Gasteiger partial charge >= 0.3 is 0 Å². The van der Waals surface area contributed by atoms with Crippen LogP contribution in [0.25, 0.3) is 22.6 Å². The summed E-state index contributed by atoms with van der Waals surface area (Å²) in [6.45, 7) is 6.38. The first-order chi connectivity index (χ1) is 17.5. The highest BCUT2D eigenvalue weighted by molar-refractivity contribution is 7.80. The Morgan fingerprint density at radius 3 is 2.61 bits per heavy atom. The van der Waals surface area contributed by atoms with Gasteiger partial charge in [0.1, 0.15) is 0 Å². The Morgan fingerprint density at radius 2 is 1.97 bits per heavy atom. The average molecular weight is 505 g/mol. The molecule has 0 radical (unpaired) electrons. The molecule has 1 aromatic carbocycles. The third kappa shape index (κ3) is 6.23. The van der Waals surface area contributed by atoms with E-state index in [1.807, 2.05) is 42.6 Å². The van der Waals surface area contributed by atoms with Crippen molar-refractivity contribution < 1.29 is 4.79 Å². The van der Waals surface area contributed by atoms with Gasteiger partial charge in [-0.15, -0.1) is 10.2 Å². The van der Waals surface area contributed by atoms with Gasteiger partial charge in [0.15, 0.2) is 0 Å². The summed E-state index contributed by atoms with van der Waals surface area (Å²) in [5.41, 5.74) is 4.51. The number of rotatable bonds is 11. The normalized spacial score (nSPS) is 16.1. The predicted octanol–water partition coefficient (Wildman–Crippen LogP) is 3.95. The highest BCUT2D eigenvalue weighted by Gasteiger charge is 2.27. The number of aromatic nitrogens is 5. The van der Waals surface area contributed by atoms with Crippen molar-refractivity contribution in [2.24, 2.45) is 15.9 Å². The monoisotopic (exact) mass is 504 g/mol. The molecule has 0 aliphatic carbocycles. The van der Waals surface area contributed by atoms with Gasteiger partial charge in [0.2, 0.25) is 11.7 Å². The van der Waals surface area contributed by atoms with Gasteiger partial charge in [-0.1, -0.05) is 57.5 Å². The van der Waals surface area contributed by atoms with E-state index >= 15 is 0 Å². The third-order valence-corrected chi connectivity index (χ3v) is 6.43. The number of nitrogens with one attached hydrogen (secondary N) is 2. The van der Waals surface area contributed by atoms with Crippen LogP contribution in [-0.4, -0.2) is 60.9 Å². The van der Waals surface area contributed by atoms with Crippen molar-refractivity contribution in [2.45, 2.75) is 58.5 Å². The Balaban J connectivity index is 1.49. The summed E-state index contributed by atoms with van der Waals surface area (Å²) < 4.78 is 0. The molecule has 10 heteroatoms. The smallest absolute Gasteiger partial charge is 0.288 e. The molecule has 1 amide bonds. The molecule has 1 aliphatic heterocycles. The van der Waals surface area contributed by atoms with Crippen molar-refractivity contribution in [3.8, 4) is 22.6 Å². The second kappa shape index (κ2) is 12.0. The van der Waals surface area contributed by atoms with Crippen molar-refractivity contribution in [3.63, 3.8) is 0 Å². The summed E-state index contributed by atoms with van der Waals surface area (Å²) in [4.78, 5) is 26.9. The zero-order chi connectivity index (χ0) is 25.5. The van der Waals surface area contributed by atoms with Crippen LogP contribution in [0.1, 0.15) is 45.6 Å². The van der Waals surface area contributed by atoms with Gasteiger partial charge in [0.05, 0.1) is 11.7 Å². The molecule has 0 saturated carbocycles. The summed E-state index contributed by atoms with van der Waals surface area (Å²) >= 11 is 4.39. The van der Waals surface area contributed by atoms with Crippen LogP contribution in [0.4, 0.5) is 0 Å². The molecular formula is C26H32N8OS. The van der Waals surface area contributed by atoms with E-state index in [0.717, 1.165) is 47.4 Å². The molecular weight excluding hydrogens is 472 g/mol. The standard InChI is InChI=1S/C26H32N8OS/c1-4-7-22-23(30-25(29-22)26(35)28-18(15-36)12-16(2)3)13-17-10-11-21(27-14-17)19-8-5-6-9-20(19)24-31-33-34-32-24/h5-6,8-11,14,16,18,22,36H,4,7,12-13,15H2,1-3H3,(H,28,35)(H,31,32,33,34). The Labute approximate surface area is 216 Å². The fraction of sp³-hybridized carbons (Fsp3) is 0.423. The predicted molar refractivity (Wildman–Crippen MR) is 145 cm³/mol. The van der Waals surface area contributed by atoms with Crippen LogP contribution in [0.2, 0.25) is 0 Å². The molecule has 2 aromatic heterocycles. The lowest BCUT2D eigenvalue weighted by atomic mass is 10.00. The van der Waals surface area contributed by atoms with Gasteiger partial charge in [-0.3, -0.25) is 14.8 Å². The van der Waals surface area contributed by atoms with E-state index in [2.05, 4.69) is 69.3 Å². The summed E-state index contributed by atoms with van der Waals surface area (Å²) in [6.07, 6.45) is 5.11. The number of aliphatic imine (C=N–C) groups is 2. The lowest BCUT2D eigenvalue weighted by Crippen LogP contribution is -2.40. The Hall–Kier alpha value is -3.40. The van der Waals surface area contributed by atoms with E-state index in [-0.39, 0.29) is 23.8 Å². The molecule has 3 heterocycles. The van der Waals surface area contributed by atoms with Crippen molar-refractivity contribution in [2.75, 3.05) is 5.75 Å². The number of H-pyrrole nitrogens is 1. The van der Waals surface area contributed by atoms with Gasteiger partial charge < -0.3 is 5.32 Å². The van der Waals surface area contributed by atoms with Gasteiger partial charge in [-0.05, 0) is 35.6 Å². The highest BCUT2D eigenvalue weighted by Crippen LogP contribution is 2.28. The first-order valence-corrected chi connectivity index (χ1v) is 13.0. The van der Waals surface area contributed by atoms with E-state index in [4.69, 9.17) is 4.98 Å². The fourth-order valence-corrected chi connectivity index (χ4v) is 4.55. The minimum Gasteiger partial charge on any atom is -0.346 e. The van der Waals surface area contributed by atoms with Crippen molar-refractivity contribution in [1.29, 1.82) is 0 Å². The van der Waals surface area contributed by atoms with Gasteiger partial charge in [0.25, 0.3) is 5.91 Å². The molecule has 0 bridgehead atoms. The van der Waals surface area contributed by atoms with Crippen LogP contribution in [0.15, 0.2) is 52.6 Å². The first kappa shape index (κ1) is 25.7. The molecule has 36 heavy (non-hydrogen) atoms. The Morgan fingerprint density at radius 1 is 1.17 bits per heavy atom. The number of pyridine rings is 1. The molecule has 0 saturated heterocycles. The van der Waals surface area contributed by atoms with Gasteiger partial charge in [0, 0.05) is 41.3 Å². The maximum atomic E-state index is 12.9. The molecule has 188 valence electrons. The van der Waals surface area contributed by atoms with Crippen molar-refractivity contribution in [3.05, 3.63) is 48.2 Å². The number of thiol groups is 1. The van der Waals surface area contributed by atoms with Crippen LogP contribution >= 0.6 is 12.6 Å². The highest BCUT2D eigenvalue weighted by atomic mass is 32.1. The zero-order valence-electron chi connectivity index (χ0n) is 20.8. The molecule has 0 spiro atoms. The average Bonchev–Trinajstić information content (AvgIpc) is 3.55. The lowest BCUT2D eigenvalue weighted by Gasteiger charge is -2.17. The number of hydrogen-bond donors (Lipinski definition) is 3. The zero-order valence-corrected chi connectivity index (χ0v) is 21.7. The molecule has 2 atom stereocenters. The number of amidine groups is 1. The van der Waals surface area contributed by atoms with E-state index in [9.17, 15) is 4.79 Å². The maximum absolute atomic E-state index is 12.9. The van der Waals surface area contributed by atoms with E-state index in [1.54, 1.807) is 0 Å². The summed E-state index contributed by atoms with van der Waals surface area (Å²) in [6, 6.07) is 11.8. The Bertz CT molecular complexity index is 1220. The topological polar surface area (TPSA) is 121 Å². The minimum atomic E-state index is -0.225. The second-order valence-electron chi connectivity index (χ2n) is 9.35. The largest absolute Gasteiger partial charge is 0.346 e. The third-order valence-electron chi connectivity index (χ3n) is 5.99. The summed E-state index contributed by atoms with van der Waals surface area (Å²) in [7, 11) is 0. The number of benzene rings is 1. The van der Waals surface area contributed by atoms with E-state index in [0.29, 0.717) is 23.9 Å². The number of tetrazole rings is 1. The van der Waals surface area contributed by atoms with Crippen LogP contribution < -0.4 is 5.32 Å². The molecule has 0 fully saturated rings. The van der Waals surface area contributed by atoms with Crippen molar-refractivity contribution in [1.82, 2.24) is 30.9 Å². The molecule has 3 aromatic rings. The Kier molecular flexibility index (Phi) is 8.58. The molecule has 9 nitrogen and oxygen atoms in total. The molecule has 2 N–H and O–H groups in total. The van der Waals surface area contributed by atoms with Crippen LogP contribution in [-0.2, 0) is 11.2 Å². The van der Waals surface area contributed by atoms with E-state index in [1.165, 1.54) is 0 Å². The van der Waals surface area contributed by atoms with Gasteiger partial charge in [-0.25, -0.2) is 4.99 Å². The summed E-state index contributed by atoms with van der Waals surface area (Å²) in [5, 5.41) is 17.4. The number of carbonyl (C=O) groups is 1. The lowest BCUT2D eigenvalue weighted by molar-refractivity contribution is -0.115. The molecule has 4 rings (SSSR count).